The molecule has 1 amide bonds. The average Bonchev–Trinajstić information content (AvgIpc) is 1.99. The third-order valence-corrected chi connectivity index (χ3v) is 1.40. The Morgan fingerprint density at radius 3 is 2.64 bits per heavy atom. The summed E-state index contributed by atoms with van der Waals surface area (Å²) in [6, 6.07) is 0. The van der Waals surface area contributed by atoms with Gasteiger partial charge >= 0.3 is 6.09 Å². The molecule has 0 spiro atoms. The fourth-order valence-electron chi connectivity index (χ4n) is 0.268. The Morgan fingerprint density at radius 1 is 1.73 bits per heavy atom. The number of nitrogens with one attached hydrogen (secondary N) is 1. The van der Waals surface area contributed by atoms with Crippen LogP contribution in [0.2, 0.25) is 0 Å². The van der Waals surface area contributed by atoms with E-state index in [2.05, 4.69) is 15.3 Å². The van der Waals surface area contributed by atoms with Crippen molar-refractivity contribution in [3.8, 4) is 0 Å². The predicted octanol–water partition coefficient (Wildman–Crippen LogP) is 1.35. The molecule has 0 aliphatic rings. The Bertz CT molecular complexity index is 168. The van der Waals surface area contributed by atoms with E-state index in [0.717, 1.165) is 0 Å². The molecular weight excluding hydrogens is 168 g/mol. The number of halogens is 1. The van der Waals surface area contributed by atoms with E-state index in [1.54, 1.807) is 13.8 Å². The third-order valence-electron chi connectivity index (χ3n) is 1.08. The highest BCUT2D eigenvalue weighted by molar-refractivity contribution is 6.31. The van der Waals surface area contributed by atoms with Gasteiger partial charge in [-0.25, -0.2) is 10.2 Å². The number of nitrogens with zero attached hydrogens (tertiary/aromatic N) is 1. The van der Waals surface area contributed by atoms with Crippen LogP contribution in [0.1, 0.15) is 13.8 Å². The molecule has 0 saturated carbocycles. The number of rotatable bonds is 2. The van der Waals surface area contributed by atoms with Gasteiger partial charge in [0.05, 0.1) is 18.2 Å². The van der Waals surface area contributed by atoms with Crippen LogP contribution < -0.4 is 5.43 Å². The summed E-state index contributed by atoms with van der Waals surface area (Å²) in [5.74, 6) is 0. The number of amides is 1. The molecule has 1 atom stereocenters. The predicted molar refractivity (Wildman–Crippen MR) is 44.0 cm³/mol. The first-order valence-electron chi connectivity index (χ1n) is 3.10. The zero-order chi connectivity index (χ0) is 8.85. The van der Waals surface area contributed by atoms with E-state index in [4.69, 9.17) is 11.6 Å². The number of hydrazone groups is 1. The minimum atomic E-state index is -0.596. The molecule has 4 nitrogen and oxygen atoms in total. The van der Waals surface area contributed by atoms with Gasteiger partial charge in [0.1, 0.15) is 0 Å². The maximum absolute atomic E-state index is 10.5. The molecule has 0 saturated heterocycles. The molecule has 0 aromatic heterocycles. The minimum absolute atomic E-state index is 0.188. The van der Waals surface area contributed by atoms with Crippen LogP contribution in [0, 0.1) is 0 Å². The lowest BCUT2D eigenvalue weighted by atomic mass is 10.3. The van der Waals surface area contributed by atoms with E-state index in [1.165, 1.54) is 7.11 Å². The maximum Gasteiger partial charge on any atom is 0.427 e. The van der Waals surface area contributed by atoms with Crippen molar-refractivity contribution in [1.29, 1.82) is 0 Å². The molecule has 64 valence electrons. The summed E-state index contributed by atoms with van der Waals surface area (Å²) in [4.78, 5) is 10.5. The van der Waals surface area contributed by atoms with Crippen molar-refractivity contribution < 1.29 is 9.53 Å². The number of alkyl halides is 1. The molecule has 0 radical (unpaired) electrons. The molecule has 0 aromatic carbocycles. The molecule has 0 rings (SSSR count). The summed E-state index contributed by atoms with van der Waals surface area (Å²) < 4.78 is 4.28. The van der Waals surface area contributed by atoms with Gasteiger partial charge in [0.15, 0.2) is 0 Å². The molecule has 0 fully saturated rings. The van der Waals surface area contributed by atoms with Gasteiger partial charge in [-0.1, -0.05) is 0 Å². The highest BCUT2D eigenvalue weighted by Crippen LogP contribution is 1.95. The highest BCUT2D eigenvalue weighted by atomic mass is 35.5. The summed E-state index contributed by atoms with van der Waals surface area (Å²) in [6.07, 6.45) is -0.596. The Balaban J connectivity index is 3.82. The van der Waals surface area contributed by atoms with Gasteiger partial charge in [-0.2, -0.15) is 5.10 Å². The van der Waals surface area contributed by atoms with Crippen LogP contribution in [-0.4, -0.2) is 24.3 Å². The van der Waals surface area contributed by atoms with E-state index >= 15 is 0 Å². The Kier molecular flexibility index (Phi) is 4.61. The van der Waals surface area contributed by atoms with E-state index in [-0.39, 0.29) is 5.38 Å². The smallest absolute Gasteiger partial charge is 0.427 e. The van der Waals surface area contributed by atoms with Gasteiger partial charge < -0.3 is 4.74 Å². The van der Waals surface area contributed by atoms with Crippen LogP contribution in [-0.2, 0) is 4.74 Å². The summed E-state index contributed by atoms with van der Waals surface area (Å²) in [7, 11) is 1.27. The van der Waals surface area contributed by atoms with Crippen molar-refractivity contribution in [2.24, 2.45) is 5.10 Å². The molecule has 0 aliphatic carbocycles. The second kappa shape index (κ2) is 4.96. The summed E-state index contributed by atoms with van der Waals surface area (Å²) in [5.41, 5.74) is 2.79. The lowest BCUT2D eigenvalue weighted by Crippen LogP contribution is -2.20. The van der Waals surface area contributed by atoms with E-state index in [1.807, 2.05) is 0 Å². The first-order valence-corrected chi connectivity index (χ1v) is 3.53. The highest BCUT2D eigenvalue weighted by Gasteiger charge is 2.01. The molecule has 11 heavy (non-hydrogen) atoms. The molecule has 5 heteroatoms. The maximum atomic E-state index is 10.5. The van der Waals surface area contributed by atoms with Crippen molar-refractivity contribution in [3.05, 3.63) is 0 Å². The van der Waals surface area contributed by atoms with Crippen LogP contribution in [0.3, 0.4) is 0 Å². The topological polar surface area (TPSA) is 50.7 Å². The molecule has 0 heterocycles. The second-order valence-corrected chi connectivity index (χ2v) is 2.63. The van der Waals surface area contributed by atoms with Crippen LogP contribution >= 0.6 is 11.6 Å². The van der Waals surface area contributed by atoms with Gasteiger partial charge in [-0.05, 0) is 13.8 Å². The zero-order valence-electron chi connectivity index (χ0n) is 6.72. The van der Waals surface area contributed by atoms with E-state index < -0.39 is 6.09 Å². The number of carbonyl (C=O) groups excluding carboxylic acids is 1. The van der Waals surface area contributed by atoms with Crippen molar-refractivity contribution in [2.45, 2.75) is 19.2 Å². The normalized spacial score (nSPS) is 14.0. The fourth-order valence-corrected chi connectivity index (χ4v) is 0.317. The van der Waals surface area contributed by atoms with Crippen molar-refractivity contribution >= 4 is 23.4 Å². The Labute approximate surface area is 70.6 Å². The Morgan fingerprint density at radius 2 is 2.27 bits per heavy atom. The number of hydrogen-bond acceptors (Lipinski definition) is 3. The largest absolute Gasteiger partial charge is 0.452 e. The molecular formula is C6H11ClN2O2. The molecule has 0 aliphatic heterocycles. The van der Waals surface area contributed by atoms with Crippen molar-refractivity contribution in [3.63, 3.8) is 0 Å². The SMILES string of the molecule is COC(=O)NN=C(C)C(C)Cl. The van der Waals surface area contributed by atoms with Gasteiger partial charge in [0, 0.05) is 0 Å². The van der Waals surface area contributed by atoms with Gasteiger partial charge in [-0.15, -0.1) is 11.6 Å². The molecule has 1 N–H and O–H groups in total. The van der Waals surface area contributed by atoms with Crippen LogP contribution in [0.4, 0.5) is 4.79 Å². The van der Waals surface area contributed by atoms with Crippen LogP contribution in [0.5, 0.6) is 0 Å². The first kappa shape index (κ1) is 10.2. The molecule has 0 bridgehead atoms. The standard InChI is InChI=1S/C6H11ClN2O2/c1-4(7)5(2)8-9-6(10)11-3/h4H,1-3H3,(H,9,10). The second-order valence-electron chi connectivity index (χ2n) is 1.97. The Hall–Kier alpha value is -0.770. The zero-order valence-corrected chi connectivity index (χ0v) is 7.47. The lowest BCUT2D eigenvalue weighted by molar-refractivity contribution is 0.171. The van der Waals surface area contributed by atoms with Crippen LogP contribution in [0.15, 0.2) is 5.10 Å². The minimum Gasteiger partial charge on any atom is -0.452 e. The number of ether oxygens (including phenoxy) is 1. The van der Waals surface area contributed by atoms with Gasteiger partial charge in [0.25, 0.3) is 0 Å². The van der Waals surface area contributed by atoms with Crippen molar-refractivity contribution in [2.75, 3.05) is 7.11 Å². The van der Waals surface area contributed by atoms with Crippen LogP contribution in [0.25, 0.3) is 0 Å². The monoisotopic (exact) mass is 178 g/mol. The molecule has 0 aromatic rings. The van der Waals surface area contributed by atoms with Gasteiger partial charge in [0.2, 0.25) is 0 Å². The first-order chi connectivity index (χ1) is 5.07. The molecule has 1 unspecified atom stereocenters. The summed E-state index contributed by atoms with van der Waals surface area (Å²) in [6.45, 7) is 3.48. The quantitative estimate of drug-likeness (QED) is 0.394. The lowest BCUT2D eigenvalue weighted by Gasteiger charge is -2.01. The van der Waals surface area contributed by atoms with E-state index in [9.17, 15) is 4.79 Å². The summed E-state index contributed by atoms with van der Waals surface area (Å²) >= 11 is 5.63. The number of carbonyl (C=O) groups is 1. The average molecular weight is 179 g/mol. The van der Waals surface area contributed by atoms with Crippen molar-refractivity contribution in [1.82, 2.24) is 5.43 Å². The van der Waals surface area contributed by atoms with E-state index in [0.29, 0.717) is 5.71 Å². The third kappa shape index (κ3) is 4.61. The number of methoxy groups -OCH3 is 1. The fraction of sp³-hybridized carbons (Fsp3) is 0.667. The number of hydrogen-bond donors (Lipinski definition) is 1. The summed E-state index contributed by atoms with van der Waals surface area (Å²) in [5, 5.41) is 3.47. The van der Waals surface area contributed by atoms with Gasteiger partial charge in [-0.3, -0.25) is 0 Å².